The molecule has 3 aromatic rings. The van der Waals surface area contributed by atoms with Crippen LogP contribution in [-0.2, 0) is 0 Å². The molecule has 20 heavy (non-hydrogen) atoms. The van der Waals surface area contributed by atoms with E-state index in [9.17, 15) is 14.5 Å². The van der Waals surface area contributed by atoms with E-state index < -0.39 is 10.7 Å². The molecular weight excluding hydrogens is 331 g/mol. The van der Waals surface area contributed by atoms with Gasteiger partial charge in [-0.25, -0.2) is 9.07 Å². The van der Waals surface area contributed by atoms with Crippen LogP contribution in [0.4, 0.5) is 10.1 Å². The molecule has 0 unspecified atom stereocenters. The summed E-state index contributed by atoms with van der Waals surface area (Å²) < 4.78 is 16.2. The fraction of sp³-hybridized carbons (Fsp3) is 0. The summed E-state index contributed by atoms with van der Waals surface area (Å²) in [4.78, 5) is 14.4. The predicted octanol–water partition coefficient (Wildman–Crippen LogP) is 3.23. The number of pyridine rings is 1. The maximum atomic E-state index is 14.2. The molecule has 8 heteroatoms. The number of hydrogen-bond acceptors (Lipinski definition) is 4. The zero-order valence-corrected chi connectivity index (χ0v) is 11.4. The minimum atomic E-state index is -0.751. The second kappa shape index (κ2) is 4.64. The van der Waals surface area contributed by atoms with Gasteiger partial charge in [-0.2, -0.15) is 5.10 Å². The van der Waals surface area contributed by atoms with Gasteiger partial charge >= 0.3 is 0 Å². The van der Waals surface area contributed by atoms with Crippen LogP contribution in [0.15, 0.2) is 41.3 Å². The van der Waals surface area contributed by atoms with Crippen molar-refractivity contribution in [3.8, 4) is 5.69 Å². The Kier molecular flexibility index (Phi) is 2.94. The molecule has 0 radical (unpaired) electrons. The van der Waals surface area contributed by atoms with Gasteiger partial charge in [-0.15, -0.1) is 0 Å². The smallest absolute Gasteiger partial charge is 0.258 e. The number of nitro groups is 1. The zero-order chi connectivity index (χ0) is 14.3. The van der Waals surface area contributed by atoms with Crippen LogP contribution in [0, 0.1) is 15.9 Å². The number of halogens is 2. The maximum Gasteiger partial charge on any atom is 0.281 e. The van der Waals surface area contributed by atoms with Crippen molar-refractivity contribution >= 4 is 32.5 Å². The first kappa shape index (κ1) is 12.7. The second-order valence-electron chi connectivity index (χ2n) is 3.99. The van der Waals surface area contributed by atoms with Crippen molar-refractivity contribution in [3.05, 3.63) is 57.2 Å². The Balaban J connectivity index is 2.42. The van der Waals surface area contributed by atoms with Crippen molar-refractivity contribution in [2.24, 2.45) is 0 Å². The van der Waals surface area contributed by atoms with Crippen LogP contribution in [0.1, 0.15) is 0 Å². The second-order valence-corrected chi connectivity index (χ2v) is 4.90. The summed E-state index contributed by atoms with van der Waals surface area (Å²) in [5.41, 5.74) is -0.0488. The highest BCUT2D eigenvalue weighted by atomic mass is 79.9. The standard InChI is InChI=1S/C12H6BrFN4O2/c13-7-5-16-17(6-7)12-9(14)4-10(18(19)20)8-2-1-3-15-11(8)12/h1-6H. The summed E-state index contributed by atoms with van der Waals surface area (Å²) >= 11 is 3.22. The SMILES string of the molecule is O=[N+]([O-])c1cc(F)c(-n2cc(Br)cn2)c2ncccc12. The molecule has 2 aromatic heterocycles. The van der Waals surface area contributed by atoms with E-state index in [1.54, 1.807) is 12.3 Å². The molecule has 1 aromatic carbocycles. The monoisotopic (exact) mass is 336 g/mol. The molecule has 0 aliphatic heterocycles. The molecule has 0 aliphatic carbocycles. The molecule has 0 aliphatic rings. The summed E-state index contributed by atoms with van der Waals surface area (Å²) in [7, 11) is 0. The number of benzene rings is 1. The summed E-state index contributed by atoms with van der Waals surface area (Å²) in [5.74, 6) is -0.751. The highest BCUT2D eigenvalue weighted by Crippen LogP contribution is 2.31. The molecule has 0 bridgehead atoms. The third kappa shape index (κ3) is 1.94. The lowest BCUT2D eigenvalue weighted by Crippen LogP contribution is -2.03. The largest absolute Gasteiger partial charge is 0.281 e. The molecule has 3 rings (SSSR count). The van der Waals surface area contributed by atoms with Crippen molar-refractivity contribution in [1.82, 2.24) is 14.8 Å². The Labute approximate surface area is 120 Å². The Morgan fingerprint density at radius 2 is 2.25 bits per heavy atom. The van der Waals surface area contributed by atoms with Gasteiger partial charge < -0.3 is 0 Å². The van der Waals surface area contributed by atoms with E-state index >= 15 is 0 Å². The minimum Gasteiger partial charge on any atom is -0.258 e. The van der Waals surface area contributed by atoms with Gasteiger partial charge in [-0.1, -0.05) is 0 Å². The summed E-state index contributed by atoms with van der Waals surface area (Å²) in [6, 6.07) is 3.98. The molecule has 0 spiro atoms. The molecular formula is C12H6BrFN4O2. The van der Waals surface area contributed by atoms with E-state index in [1.165, 1.54) is 23.1 Å². The highest BCUT2D eigenvalue weighted by molar-refractivity contribution is 9.10. The van der Waals surface area contributed by atoms with Crippen molar-refractivity contribution in [2.45, 2.75) is 0 Å². The van der Waals surface area contributed by atoms with E-state index in [2.05, 4.69) is 26.0 Å². The molecule has 2 heterocycles. The Hall–Kier alpha value is -2.35. The number of aromatic nitrogens is 3. The van der Waals surface area contributed by atoms with Crippen molar-refractivity contribution in [3.63, 3.8) is 0 Å². The van der Waals surface area contributed by atoms with Crippen molar-refractivity contribution in [2.75, 3.05) is 0 Å². The van der Waals surface area contributed by atoms with Crippen LogP contribution < -0.4 is 0 Å². The van der Waals surface area contributed by atoms with E-state index in [0.717, 1.165) is 6.07 Å². The average molecular weight is 337 g/mol. The van der Waals surface area contributed by atoms with Crippen LogP contribution in [0.2, 0.25) is 0 Å². The van der Waals surface area contributed by atoms with Crippen LogP contribution in [0.5, 0.6) is 0 Å². The Morgan fingerprint density at radius 3 is 2.90 bits per heavy atom. The highest BCUT2D eigenvalue weighted by Gasteiger charge is 2.21. The molecule has 0 amide bonds. The van der Waals surface area contributed by atoms with Gasteiger partial charge in [0.05, 0.1) is 27.0 Å². The fourth-order valence-corrected chi connectivity index (χ4v) is 2.26. The van der Waals surface area contributed by atoms with Gasteiger partial charge in [0.25, 0.3) is 5.69 Å². The van der Waals surface area contributed by atoms with Gasteiger partial charge in [-0.3, -0.25) is 15.1 Å². The summed E-state index contributed by atoms with van der Waals surface area (Å²) in [6.07, 6.45) is 4.50. The number of nitro benzene ring substituents is 1. The summed E-state index contributed by atoms with van der Waals surface area (Å²) in [5, 5.41) is 15.3. The quantitative estimate of drug-likeness (QED) is 0.532. The number of nitrogens with zero attached hydrogens (tertiary/aromatic N) is 4. The molecule has 0 N–H and O–H groups in total. The lowest BCUT2D eigenvalue weighted by molar-refractivity contribution is -0.383. The van der Waals surface area contributed by atoms with E-state index in [0.29, 0.717) is 4.47 Å². The van der Waals surface area contributed by atoms with E-state index in [-0.39, 0.29) is 22.3 Å². The summed E-state index contributed by atoms with van der Waals surface area (Å²) in [6.45, 7) is 0. The minimum absolute atomic E-state index is 0.0805. The number of hydrogen-bond donors (Lipinski definition) is 0. The van der Waals surface area contributed by atoms with Gasteiger partial charge in [0.1, 0.15) is 11.2 Å². The van der Waals surface area contributed by atoms with Gasteiger partial charge in [0.2, 0.25) is 0 Å². The Bertz CT molecular complexity index is 833. The van der Waals surface area contributed by atoms with Crippen molar-refractivity contribution in [1.29, 1.82) is 0 Å². The first-order valence-corrected chi connectivity index (χ1v) is 6.29. The third-order valence-corrected chi connectivity index (χ3v) is 3.18. The lowest BCUT2D eigenvalue weighted by atomic mass is 10.1. The normalized spacial score (nSPS) is 10.9. The molecule has 6 nitrogen and oxygen atoms in total. The number of rotatable bonds is 2. The zero-order valence-electron chi connectivity index (χ0n) is 9.83. The lowest BCUT2D eigenvalue weighted by Gasteiger charge is -2.07. The Morgan fingerprint density at radius 1 is 1.45 bits per heavy atom. The van der Waals surface area contributed by atoms with Crippen LogP contribution in [0.3, 0.4) is 0 Å². The molecule has 0 saturated heterocycles. The predicted molar refractivity (Wildman–Crippen MR) is 73.2 cm³/mol. The maximum absolute atomic E-state index is 14.2. The van der Waals surface area contributed by atoms with Crippen LogP contribution in [0.25, 0.3) is 16.6 Å². The van der Waals surface area contributed by atoms with E-state index in [4.69, 9.17) is 0 Å². The van der Waals surface area contributed by atoms with E-state index in [1.807, 2.05) is 0 Å². The third-order valence-electron chi connectivity index (χ3n) is 2.77. The van der Waals surface area contributed by atoms with Crippen LogP contribution >= 0.6 is 15.9 Å². The number of fused-ring (bicyclic) bond motifs is 1. The molecule has 0 fully saturated rings. The molecule has 100 valence electrons. The first-order chi connectivity index (χ1) is 9.58. The molecule has 0 atom stereocenters. The number of non-ortho nitro benzene ring substituents is 1. The van der Waals surface area contributed by atoms with Crippen molar-refractivity contribution < 1.29 is 9.31 Å². The topological polar surface area (TPSA) is 73.8 Å². The van der Waals surface area contributed by atoms with Gasteiger partial charge in [0.15, 0.2) is 5.82 Å². The molecule has 0 saturated carbocycles. The first-order valence-electron chi connectivity index (χ1n) is 5.50. The van der Waals surface area contributed by atoms with Gasteiger partial charge in [-0.05, 0) is 28.1 Å². The fourth-order valence-electron chi connectivity index (χ4n) is 1.97. The van der Waals surface area contributed by atoms with Crippen LogP contribution in [-0.4, -0.2) is 19.7 Å². The average Bonchev–Trinajstić information content (AvgIpc) is 2.83. The van der Waals surface area contributed by atoms with Gasteiger partial charge in [0, 0.05) is 12.4 Å².